The molecule has 0 saturated carbocycles. The minimum Gasteiger partial charge on any atom is -0.481 e. The zero-order valence-corrected chi connectivity index (χ0v) is 23.5. The van der Waals surface area contributed by atoms with Crippen LogP contribution in [0.25, 0.3) is 11.1 Å². The highest BCUT2D eigenvalue weighted by molar-refractivity contribution is 6.30. The number of carbonyl (C=O) groups excluding carboxylic acids is 2. The Balaban J connectivity index is 0.000000821. The number of alkyl halides is 3. The first-order chi connectivity index (χ1) is 20.3. The molecule has 2 amide bonds. The monoisotopic (exact) mass is 622 g/mol. The molecule has 230 valence electrons. The summed E-state index contributed by atoms with van der Waals surface area (Å²) in [6, 6.07) is 19.6. The molecule has 5 N–H and O–H groups in total. The molecule has 43 heavy (non-hydrogen) atoms. The summed E-state index contributed by atoms with van der Waals surface area (Å²) < 4.78 is 31.7. The average molecular weight is 623 g/mol. The molecule has 1 unspecified atom stereocenters. The van der Waals surface area contributed by atoms with Crippen LogP contribution < -0.4 is 16.0 Å². The molecule has 0 bridgehead atoms. The van der Waals surface area contributed by atoms with Crippen molar-refractivity contribution in [1.82, 2.24) is 15.6 Å². The number of halogens is 4. The van der Waals surface area contributed by atoms with Crippen molar-refractivity contribution in [3.8, 4) is 11.1 Å². The summed E-state index contributed by atoms with van der Waals surface area (Å²) in [5.41, 5.74) is 2.58. The smallest absolute Gasteiger partial charge is 0.481 e. The molecule has 2 aromatic carbocycles. The molecule has 10 nitrogen and oxygen atoms in total. The molecule has 0 aliphatic carbocycles. The van der Waals surface area contributed by atoms with Gasteiger partial charge in [0.25, 0.3) is 0 Å². The summed E-state index contributed by atoms with van der Waals surface area (Å²) in [4.78, 5) is 48.9. The number of rotatable bonds is 13. The highest BCUT2D eigenvalue weighted by atomic mass is 35.5. The van der Waals surface area contributed by atoms with E-state index < -0.39 is 30.1 Å². The third-order valence-corrected chi connectivity index (χ3v) is 5.95. The fourth-order valence-corrected chi connectivity index (χ4v) is 3.71. The Morgan fingerprint density at radius 3 is 2.00 bits per heavy atom. The van der Waals surface area contributed by atoms with Crippen LogP contribution in [-0.4, -0.2) is 58.2 Å². The van der Waals surface area contributed by atoms with Crippen molar-refractivity contribution < 1.29 is 42.6 Å². The maximum Gasteiger partial charge on any atom is 0.490 e. The number of benzene rings is 2. The molecular weight excluding hydrogens is 593 g/mol. The third kappa shape index (κ3) is 13.7. The molecule has 0 spiro atoms. The van der Waals surface area contributed by atoms with Gasteiger partial charge in [0.2, 0.25) is 11.8 Å². The highest BCUT2D eigenvalue weighted by Gasteiger charge is 2.38. The number of amides is 2. The lowest BCUT2D eigenvalue weighted by molar-refractivity contribution is -0.192. The van der Waals surface area contributed by atoms with Crippen molar-refractivity contribution in [2.45, 2.75) is 37.9 Å². The molecule has 3 aromatic rings. The van der Waals surface area contributed by atoms with E-state index in [1.807, 2.05) is 42.5 Å². The van der Waals surface area contributed by atoms with Gasteiger partial charge in [-0.05, 0) is 53.8 Å². The number of unbranched alkanes of at least 4 members (excludes halogenated alkanes) is 1. The number of carboxylic acid groups (broad SMARTS) is 2. The second kappa shape index (κ2) is 17.3. The van der Waals surface area contributed by atoms with E-state index in [1.54, 1.807) is 30.5 Å². The second-order valence-electron chi connectivity index (χ2n) is 9.03. The van der Waals surface area contributed by atoms with Gasteiger partial charge in [0, 0.05) is 24.2 Å². The number of carboxylic acids is 2. The third-order valence-electron chi connectivity index (χ3n) is 5.69. The number of aliphatic carboxylic acids is 2. The molecule has 14 heteroatoms. The summed E-state index contributed by atoms with van der Waals surface area (Å²) in [6.07, 6.45) is -1.92. The number of nitrogens with zero attached hydrogens (tertiary/aromatic N) is 1. The van der Waals surface area contributed by atoms with Gasteiger partial charge in [-0.2, -0.15) is 13.2 Å². The van der Waals surface area contributed by atoms with Crippen LogP contribution in [0, 0.1) is 0 Å². The van der Waals surface area contributed by atoms with Crippen LogP contribution >= 0.6 is 11.6 Å². The van der Waals surface area contributed by atoms with E-state index in [-0.39, 0.29) is 18.9 Å². The molecule has 1 aromatic heterocycles. The van der Waals surface area contributed by atoms with E-state index in [4.69, 9.17) is 21.5 Å². The van der Waals surface area contributed by atoms with Crippen molar-refractivity contribution in [2.75, 3.05) is 18.4 Å². The minimum atomic E-state index is -5.08. The minimum absolute atomic E-state index is 0.218. The van der Waals surface area contributed by atoms with Gasteiger partial charge < -0.3 is 26.2 Å². The number of hydrogen-bond donors (Lipinski definition) is 5. The fourth-order valence-electron chi connectivity index (χ4n) is 3.58. The van der Waals surface area contributed by atoms with Gasteiger partial charge >= 0.3 is 18.1 Å². The van der Waals surface area contributed by atoms with Crippen LogP contribution in [0.2, 0.25) is 5.02 Å². The summed E-state index contributed by atoms with van der Waals surface area (Å²) in [5.74, 6) is -3.69. The Hall–Kier alpha value is -4.65. The molecule has 0 aliphatic rings. The Morgan fingerprint density at radius 1 is 0.860 bits per heavy atom. The molecule has 0 fully saturated rings. The van der Waals surface area contributed by atoms with E-state index in [0.717, 1.165) is 23.4 Å². The van der Waals surface area contributed by atoms with Crippen molar-refractivity contribution in [1.29, 1.82) is 0 Å². The van der Waals surface area contributed by atoms with Crippen LogP contribution in [-0.2, 0) is 19.2 Å². The van der Waals surface area contributed by atoms with Gasteiger partial charge in [-0.15, -0.1) is 0 Å². The van der Waals surface area contributed by atoms with Crippen LogP contribution in [0.3, 0.4) is 0 Å². The van der Waals surface area contributed by atoms with E-state index in [9.17, 15) is 32.7 Å². The van der Waals surface area contributed by atoms with E-state index in [0.29, 0.717) is 30.0 Å². The Kier molecular flexibility index (Phi) is 13.9. The Morgan fingerprint density at radius 2 is 1.47 bits per heavy atom. The van der Waals surface area contributed by atoms with Gasteiger partial charge in [-0.25, -0.2) is 9.78 Å². The molecule has 1 atom stereocenters. The summed E-state index contributed by atoms with van der Waals surface area (Å²) >= 11 is 5.94. The maximum absolute atomic E-state index is 12.4. The predicted molar refractivity (Wildman–Crippen MR) is 153 cm³/mol. The maximum atomic E-state index is 12.4. The number of hydrogen-bond acceptors (Lipinski definition) is 6. The lowest BCUT2D eigenvalue weighted by atomic mass is 9.99. The van der Waals surface area contributed by atoms with Gasteiger partial charge in [0.15, 0.2) is 0 Å². The van der Waals surface area contributed by atoms with Crippen molar-refractivity contribution in [3.05, 3.63) is 83.5 Å². The van der Waals surface area contributed by atoms with E-state index in [1.165, 1.54) is 0 Å². The first-order valence-corrected chi connectivity index (χ1v) is 13.3. The van der Waals surface area contributed by atoms with Crippen LogP contribution in [0.4, 0.5) is 19.0 Å². The topological polar surface area (TPSA) is 158 Å². The second-order valence-corrected chi connectivity index (χ2v) is 9.46. The van der Waals surface area contributed by atoms with Crippen molar-refractivity contribution in [3.63, 3.8) is 0 Å². The Labute approximate surface area is 250 Å². The first kappa shape index (κ1) is 34.6. The molecule has 0 radical (unpaired) electrons. The van der Waals surface area contributed by atoms with E-state index in [2.05, 4.69) is 20.9 Å². The molecule has 1 heterocycles. The number of carbonyl (C=O) groups is 4. The Bertz CT molecular complexity index is 1340. The molecule has 0 aliphatic heterocycles. The average Bonchev–Trinajstić information content (AvgIpc) is 2.96. The summed E-state index contributed by atoms with van der Waals surface area (Å²) in [7, 11) is 0. The van der Waals surface area contributed by atoms with Crippen molar-refractivity contribution >= 4 is 41.2 Å². The number of anilines is 1. The normalized spacial score (nSPS) is 11.3. The van der Waals surface area contributed by atoms with Gasteiger partial charge in [-0.1, -0.05) is 54.1 Å². The molecular formula is C29H30ClF3N4O6. The zero-order valence-electron chi connectivity index (χ0n) is 22.7. The fraction of sp³-hybridized carbons (Fsp3) is 0.276. The lowest BCUT2D eigenvalue weighted by Crippen LogP contribution is -2.39. The zero-order chi connectivity index (χ0) is 31.8. The quantitative estimate of drug-likeness (QED) is 0.165. The predicted octanol–water partition coefficient (Wildman–Crippen LogP) is 5.07. The van der Waals surface area contributed by atoms with E-state index >= 15 is 0 Å². The van der Waals surface area contributed by atoms with Crippen molar-refractivity contribution in [2.24, 2.45) is 0 Å². The van der Waals surface area contributed by atoms with Crippen LogP contribution in [0.5, 0.6) is 0 Å². The summed E-state index contributed by atoms with van der Waals surface area (Å²) in [6.45, 7) is 0.475. The number of aromatic nitrogens is 1. The number of nitrogens with one attached hydrogen (secondary N) is 3. The summed E-state index contributed by atoms with van der Waals surface area (Å²) in [5, 5.41) is 25.6. The van der Waals surface area contributed by atoms with Gasteiger partial charge in [0.05, 0.1) is 19.0 Å². The SMILES string of the molecule is O=C(O)C(F)(F)F.O=C(O)CC(NC(=O)CNC(=O)CCCCNc1ccccn1)c1ccc(-c2ccc(Cl)cc2)cc1. The largest absolute Gasteiger partial charge is 0.490 e. The first-order valence-electron chi connectivity index (χ1n) is 12.9. The van der Waals surface area contributed by atoms with Crippen LogP contribution in [0.15, 0.2) is 72.9 Å². The number of pyridine rings is 1. The highest BCUT2D eigenvalue weighted by Crippen LogP contribution is 2.25. The van der Waals surface area contributed by atoms with Gasteiger partial charge in [-0.3, -0.25) is 14.4 Å². The molecule has 0 saturated heterocycles. The van der Waals surface area contributed by atoms with Gasteiger partial charge in [0.1, 0.15) is 5.82 Å². The molecule has 3 rings (SSSR count). The lowest BCUT2D eigenvalue weighted by Gasteiger charge is -2.18. The standard InChI is InChI=1S/C27H29ClN4O4.C2HF3O2/c28-22-13-11-20(12-14-22)19-7-9-21(10-8-19)23(17-27(35)36)32-26(34)18-31-25(33)6-2-4-16-30-24-5-1-3-15-29-24;3-2(4,5)1(6)7/h1,3,5,7-15,23H,2,4,6,16-18H2,(H,29,30)(H,31,33)(H,32,34)(H,35,36);(H,6,7). The van der Waals surface area contributed by atoms with Crippen LogP contribution in [0.1, 0.15) is 37.3 Å².